The summed E-state index contributed by atoms with van der Waals surface area (Å²) in [4.78, 5) is 11.7. The Bertz CT molecular complexity index is 407. The van der Waals surface area contributed by atoms with Crippen LogP contribution in [0.1, 0.15) is 24.2 Å². The Hall–Kier alpha value is -1.62. The van der Waals surface area contributed by atoms with Crippen molar-refractivity contribution in [2.24, 2.45) is 5.92 Å². The third-order valence-corrected chi connectivity index (χ3v) is 2.52. The SMILES string of the molecule is CC(C)C(CO)NC(=O)c1ccc(O)cc1F. The van der Waals surface area contributed by atoms with Crippen molar-refractivity contribution >= 4 is 5.91 Å². The fourth-order valence-electron chi connectivity index (χ4n) is 1.36. The lowest BCUT2D eigenvalue weighted by atomic mass is 10.0. The average Bonchev–Trinajstić information content (AvgIpc) is 2.24. The standard InChI is InChI=1S/C12H16FNO3/c1-7(2)11(6-15)14-12(17)9-4-3-8(16)5-10(9)13/h3-5,7,11,15-16H,6H2,1-2H3,(H,14,17). The number of rotatable bonds is 4. The molecule has 0 heterocycles. The van der Waals surface area contributed by atoms with Gasteiger partial charge in [-0.1, -0.05) is 13.8 Å². The Balaban J connectivity index is 2.82. The van der Waals surface area contributed by atoms with Crippen LogP contribution in [-0.4, -0.2) is 28.8 Å². The highest BCUT2D eigenvalue weighted by Gasteiger charge is 2.18. The molecule has 0 saturated heterocycles. The normalized spacial score (nSPS) is 12.5. The van der Waals surface area contributed by atoms with Crippen LogP contribution in [0, 0.1) is 11.7 Å². The number of benzene rings is 1. The van der Waals surface area contributed by atoms with E-state index in [-0.39, 0.29) is 23.8 Å². The molecular formula is C12H16FNO3. The highest BCUT2D eigenvalue weighted by atomic mass is 19.1. The molecule has 1 aromatic carbocycles. The Morgan fingerprint density at radius 2 is 2.12 bits per heavy atom. The van der Waals surface area contributed by atoms with Gasteiger partial charge in [-0.15, -0.1) is 0 Å². The minimum absolute atomic E-state index is 0.0455. The average molecular weight is 241 g/mol. The number of aromatic hydroxyl groups is 1. The molecule has 1 aromatic rings. The Morgan fingerprint density at radius 3 is 2.59 bits per heavy atom. The largest absolute Gasteiger partial charge is 0.508 e. The maximum absolute atomic E-state index is 13.4. The van der Waals surface area contributed by atoms with Gasteiger partial charge in [0.15, 0.2) is 0 Å². The van der Waals surface area contributed by atoms with Gasteiger partial charge in [0.25, 0.3) is 5.91 Å². The Labute approximate surface area is 99.1 Å². The van der Waals surface area contributed by atoms with E-state index in [0.29, 0.717) is 0 Å². The summed E-state index contributed by atoms with van der Waals surface area (Å²) >= 11 is 0. The molecule has 17 heavy (non-hydrogen) atoms. The third kappa shape index (κ3) is 3.42. The number of carbonyl (C=O) groups excluding carboxylic acids is 1. The van der Waals surface area contributed by atoms with Crippen LogP contribution >= 0.6 is 0 Å². The van der Waals surface area contributed by atoms with Crippen LogP contribution in [0.2, 0.25) is 0 Å². The van der Waals surface area contributed by atoms with Crippen LogP contribution in [-0.2, 0) is 0 Å². The van der Waals surface area contributed by atoms with Crippen molar-refractivity contribution in [2.75, 3.05) is 6.61 Å². The van der Waals surface area contributed by atoms with E-state index in [4.69, 9.17) is 10.2 Å². The molecule has 0 saturated carbocycles. The number of aliphatic hydroxyl groups excluding tert-OH is 1. The fourth-order valence-corrected chi connectivity index (χ4v) is 1.36. The lowest BCUT2D eigenvalue weighted by molar-refractivity contribution is 0.0892. The van der Waals surface area contributed by atoms with Gasteiger partial charge in [0.2, 0.25) is 0 Å². The zero-order chi connectivity index (χ0) is 13.0. The van der Waals surface area contributed by atoms with Crippen molar-refractivity contribution in [1.29, 1.82) is 0 Å². The number of phenols is 1. The molecular weight excluding hydrogens is 225 g/mol. The van der Waals surface area contributed by atoms with E-state index in [9.17, 15) is 9.18 Å². The molecule has 0 aliphatic carbocycles. The highest BCUT2D eigenvalue weighted by molar-refractivity contribution is 5.94. The van der Waals surface area contributed by atoms with Gasteiger partial charge >= 0.3 is 0 Å². The minimum Gasteiger partial charge on any atom is -0.508 e. The first-order valence-electron chi connectivity index (χ1n) is 5.36. The second-order valence-electron chi connectivity index (χ2n) is 4.17. The van der Waals surface area contributed by atoms with Crippen LogP contribution in [0.15, 0.2) is 18.2 Å². The highest BCUT2D eigenvalue weighted by Crippen LogP contribution is 2.15. The van der Waals surface area contributed by atoms with E-state index < -0.39 is 17.8 Å². The molecule has 0 aliphatic rings. The summed E-state index contributed by atoms with van der Waals surface area (Å²) in [6.07, 6.45) is 0. The molecule has 0 bridgehead atoms. The first-order chi connectivity index (χ1) is 7.95. The summed E-state index contributed by atoms with van der Waals surface area (Å²) in [6.45, 7) is 3.48. The fraction of sp³-hybridized carbons (Fsp3) is 0.417. The van der Waals surface area contributed by atoms with Gasteiger partial charge in [0, 0.05) is 6.07 Å². The second kappa shape index (κ2) is 5.63. The van der Waals surface area contributed by atoms with Crippen molar-refractivity contribution in [2.45, 2.75) is 19.9 Å². The zero-order valence-electron chi connectivity index (χ0n) is 9.77. The molecule has 0 spiro atoms. The van der Waals surface area contributed by atoms with Gasteiger partial charge in [0.1, 0.15) is 11.6 Å². The van der Waals surface area contributed by atoms with Gasteiger partial charge in [-0.05, 0) is 18.1 Å². The number of nitrogens with one attached hydrogen (secondary N) is 1. The molecule has 4 nitrogen and oxygen atoms in total. The lowest BCUT2D eigenvalue weighted by Crippen LogP contribution is -2.41. The topological polar surface area (TPSA) is 69.6 Å². The first kappa shape index (κ1) is 13.4. The van der Waals surface area contributed by atoms with E-state index in [1.165, 1.54) is 12.1 Å². The molecule has 0 aliphatic heterocycles. The van der Waals surface area contributed by atoms with Crippen LogP contribution < -0.4 is 5.32 Å². The molecule has 1 unspecified atom stereocenters. The van der Waals surface area contributed by atoms with Crippen LogP contribution in [0.25, 0.3) is 0 Å². The number of aliphatic hydroxyl groups is 1. The van der Waals surface area contributed by atoms with Crippen LogP contribution in [0.5, 0.6) is 5.75 Å². The number of phenolic OH excluding ortho intramolecular Hbond substituents is 1. The molecule has 3 N–H and O–H groups in total. The summed E-state index contributed by atoms with van der Waals surface area (Å²) in [5.74, 6) is -1.58. The maximum atomic E-state index is 13.4. The maximum Gasteiger partial charge on any atom is 0.254 e. The quantitative estimate of drug-likeness (QED) is 0.743. The van der Waals surface area contributed by atoms with Crippen LogP contribution in [0.3, 0.4) is 0 Å². The summed E-state index contributed by atoms with van der Waals surface area (Å²) in [6, 6.07) is 2.89. The number of hydrogen-bond acceptors (Lipinski definition) is 3. The van der Waals surface area contributed by atoms with E-state index in [2.05, 4.69) is 5.32 Å². The molecule has 0 radical (unpaired) electrons. The summed E-state index contributed by atoms with van der Waals surface area (Å²) < 4.78 is 13.4. The van der Waals surface area contributed by atoms with E-state index >= 15 is 0 Å². The van der Waals surface area contributed by atoms with Gasteiger partial charge in [-0.2, -0.15) is 0 Å². The third-order valence-electron chi connectivity index (χ3n) is 2.52. The van der Waals surface area contributed by atoms with E-state index in [1.54, 1.807) is 0 Å². The number of hydrogen-bond donors (Lipinski definition) is 3. The molecule has 1 amide bonds. The Kier molecular flexibility index (Phi) is 4.45. The molecule has 5 heteroatoms. The Morgan fingerprint density at radius 1 is 1.47 bits per heavy atom. The smallest absolute Gasteiger partial charge is 0.254 e. The lowest BCUT2D eigenvalue weighted by Gasteiger charge is -2.20. The summed E-state index contributed by atoms with van der Waals surface area (Å²) in [5, 5.41) is 20.6. The predicted octanol–water partition coefficient (Wildman–Crippen LogP) is 1.28. The minimum atomic E-state index is -0.789. The van der Waals surface area contributed by atoms with Crippen molar-refractivity contribution in [3.8, 4) is 5.75 Å². The number of amides is 1. The van der Waals surface area contributed by atoms with Crippen molar-refractivity contribution in [3.05, 3.63) is 29.6 Å². The number of halogens is 1. The molecule has 94 valence electrons. The number of carbonyl (C=O) groups is 1. The first-order valence-corrected chi connectivity index (χ1v) is 5.36. The summed E-state index contributed by atoms with van der Waals surface area (Å²) in [5.41, 5.74) is -0.151. The van der Waals surface area contributed by atoms with E-state index in [0.717, 1.165) is 6.07 Å². The van der Waals surface area contributed by atoms with Gasteiger partial charge in [0.05, 0.1) is 18.2 Å². The molecule has 0 fully saturated rings. The van der Waals surface area contributed by atoms with Gasteiger partial charge in [-0.25, -0.2) is 4.39 Å². The van der Waals surface area contributed by atoms with Crippen molar-refractivity contribution in [1.82, 2.24) is 5.32 Å². The molecule has 1 rings (SSSR count). The van der Waals surface area contributed by atoms with E-state index in [1.807, 2.05) is 13.8 Å². The summed E-state index contributed by atoms with van der Waals surface area (Å²) in [7, 11) is 0. The van der Waals surface area contributed by atoms with Gasteiger partial charge < -0.3 is 15.5 Å². The molecule has 1 atom stereocenters. The molecule has 0 aromatic heterocycles. The van der Waals surface area contributed by atoms with Gasteiger partial charge in [-0.3, -0.25) is 4.79 Å². The predicted molar refractivity (Wildman–Crippen MR) is 61.2 cm³/mol. The second-order valence-corrected chi connectivity index (χ2v) is 4.17. The monoisotopic (exact) mass is 241 g/mol. The zero-order valence-corrected chi connectivity index (χ0v) is 9.77. The van der Waals surface area contributed by atoms with Crippen LogP contribution in [0.4, 0.5) is 4.39 Å². The van der Waals surface area contributed by atoms with Crippen molar-refractivity contribution < 1.29 is 19.4 Å². The van der Waals surface area contributed by atoms with Crippen molar-refractivity contribution in [3.63, 3.8) is 0 Å².